The third kappa shape index (κ3) is 2.57. The number of hydrogen-bond donors (Lipinski definition) is 2. The fraction of sp³-hybridized carbons (Fsp3) is 0.333. The summed E-state index contributed by atoms with van der Waals surface area (Å²) in [5.74, 6) is -1.37. The Labute approximate surface area is 126 Å². The molecule has 1 aliphatic heterocycles. The number of carbonyl (C=O) groups is 1. The molecule has 22 heavy (non-hydrogen) atoms. The maximum absolute atomic E-state index is 12.2. The first-order valence-electron chi connectivity index (χ1n) is 7.16. The summed E-state index contributed by atoms with van der Waals surface area (Å²) < 4.78 is 0. The summed E-state index contributed by atoms with van der Waals surface area (Å²) >= 11 is 0. The van der Waals surface area contributed by atoms with Crippen LogP contribution in [-0.2, 0) is 11.2 Å². The van der Waals surface area contributed by atoms with Gasteiger partial charge in [-0.15, -0.1) is 0 Å². The van der Waals surface area contributed by atoms with Crippen LogP contribution < -0.4 is 10.6 Å². The number of benzene rings is 1. The van der Waals surface area contributed by atoms with Crippen molar-refractivity contribution < 1.29 is 9.90 Å². The molecule has 1 aromatic heterocycles. The van der Waals surface area contributed by atoms with Gasteiger partial charge in [0, 0.05) is 6.21 Å². The van der Waals surface area contributed by atoms with E-state index in [9.17, 15) is 9.59 Å². The highest BCUT2D eigenvalue weighted by Gasteiger charge is 2.26. The number of aliphatic carboxylic acids is 1. The molecule has 0 amide bonds. The van der Waals surface area contributed by atoms with Crippen molar-refractivity contribution in [3.8, 4) is 0 Å². The van der Waals surface area contributed by atoms with Crippen LogP contribution >= 0.6 is 0 Å². The van der Waals surface area contributed by atoms with Gasteiger partial charge in [-0.05, 0) is 24.1 Å². The molecular weight excluding hydrogens is 284 g/mol. The number of carboxylic acid groups (broad SMARTS) is 1. The van der Waals surface area contributed by atoms with Crippen molar-refractivity contribution in [2.75, 3.05) is 11.6 Å². The number of H-pyrrole nitrogens is 1. The Morgan fingerprint density at radius 2 is 2.32 bits per heavy atom. The fourth-order valence-electron chi connectivity index (χ4n) is 2.46. The lowest BCUT2D eigenvalue weighted by atomic mass is 10.1. The summed E-state index contributed by atoms with van der Waals surface area (Å²) in [7, 11) is 0. The molecule has 0 saturated heterocycles. The van der Waals surface area contributed by atoms with E-state index in [1.807, 2.05) is 18.2 Å². The maximum Gasteiger partial charge on any atom is 0.313 e. The van der Waals surface area contributed by atoms with Crippen molar-refractivity contribution >= 4 is 29.0 Å². The molecule has 0 aliphatic carbocycles. The second-order valence-electron chi connectivity index (χ2n) is 5.28. The Morgan fingerprint density at radius 1 is 1.50 bits per heavy atom. The topological polar surface area (TPSA) is 98.7 Å². The number of carboxylic acids is 1. The monoisotopic (exact) mass is 300 g/mol. The number of fused-ring (bicyclic) bond motifs is 1. The molecule has 1 atom stereocenters. The van der Waals surface area contributed by atoms with Crippen molar-refractivity contribution in [1.82, 2.24) is 9.97 Å². The van der Waals surface area contributed by atoms with E-state index in [0.717, 1.165) is 18.4 Å². The predicted octanol–water partition coefficient (Wildman–Crippen LogP) is 1.38. The fourth-order valence-corrected chi connectivity index (χ4v) is 2.46. The van der Waals surface area contributed by atoms with Crippen LogP contribution in [-0.4, -0.2) is 33.8 Å². The second-order valence-corrected chi connectivity index (χ2v) is 5.28. The molecule has 7 nitrogen and oxygen atoms in total. The average Bonchev–Trinajstić information content (AvgIpc) is 2.98. The Kier molecular flexibility index (Phi) is 3.62. The number of aromatic amines is 1. The number of aryl methyl sites for hydroxylation is 1. The quantitative estimate of drug-likeness (QED) is 0.889. The zero-order chi connectivity index (χ0) is 15.7. The van der Waals surface area contributed by atoms with Gasteiger partial charge in [0.25, 0.3) is 5.56 Å². The molecule has 0 fully saturated rings. The molecular formula is C15H16N4O3. The SMILES string of the molecule is CCCc1ccc2nc(N3CC(C(=O)O)C=N3)[nH]c(=O)c2c1. The molecule has 0 radical (unpaired) electrons. The standard InChI is InChI=1S/C15H16N4O3/c1-2-3-9-4-5-12-11(6-9)13(20)18-15(17-12)19-8-10(7-16-19)14(21)22/h4-7,10H,2-3,8H2,1H3,(H,21,22)(H,17,18,20). The highest BCUT2D eigenvalue weighted by atomic mass is 16.4. The summed E-state index contributed by atoms with van der Waals surface area (Å²) in [5, 5.41) is 14.9. The zero-order valence-electron chi connectivity index (χ0n) is 12.1. The van der Waals surface area contributed by atoms with Gasteiger partial charge in [-0.3, -0.25) is 14.6 Å². The molecule has 0 bridgehead atoms. The molecule has 2 N–H and O–H groups in total. The Morgan fingerprint density at radius 3 is 3.00 bits per heavy atom. The van der Waals surface area contributed by atoms with Gasteiger partial charge in [0.2, 0.25) is 5.95 Å². The Hall–Kier alpha value is -2.70. The summed E-state index contributed by atoms with van der Waals surface area (Å²) in [4.78, 5) is 30.2. The Balaban J connectivity index is 1.97. The Bertz CT molecular complexity index is 812. The van der Waals surface area contributed by atoms with E-state index in [2.05, 4.69) is 22.0 Å². The van der Waals surface area contributed by atoms with Gasteiger partial charge in [-0.25, -0.2) is 9.99 Å². The van der Waals surface area contributed by atoms with Gasteiger partial charge in [0.1, 0.15) is 5.92 Å². The first-order valence-corrected chi connectivity index (χ1v) is 7.16. The van der Waals surface area contributed by atoms with Gasteiger partial charge in [-0.2, -0.15) is 5.10 Å². The number of rotatable bonds is 4. The second kappa shape index (κ2) is 5.59. The van der Waals surface area contributed by atoms with Crippen LogP contribution in [0.25, 0.3) is 10.9 Å². The molecule has 3 rings (SSSR count). The van der Waals surface area contributed by atoms with Gasteiger partial charge in [0.05, 0.1) is 17.4 Å². The molecule has 2 heterocycles. The molecule has 1 aliphatic rings. The van der Waals surface area contributed by atoms with Crippen LogP contribution in [0.15, 0.2) is 28.1 Å². The zero-order valence-corrected chi connectivity index (χ0v) is 12.1. The molecule has 1 aromatic carbocycles. The van der Waals surface area contributed by atoms with Crippen molar-refractivity contribution in [1.29, 1.82) is 0 Å². The third-order valence-electron chi connectivity index (χ3n) is 3.61. The third-order valence-corrected chi connectivity index (χ3v) is 3.61. The molecule has 7 heteroatoms. The largest absolute Gasteiger partial charge is 0.481 e. The van der Waals surface area contributed by atoms with E-state index in [0.29, 0.717) is 10.9 Å². The van der Waals surface area contributed by atoms with E-state index in [1.54, 1.807) is 0 Å². The summed E-state index contributed by atoms with van der Waals surface area (Å²) in [6, 6.07) is 5.62. The van der Waals surface area contributed by atoms with Crippen molar-refractivity contribution in [3.63, 3.8) is 0 Å². The van der Waals surface area contributed by atoms with E-state index >= 15 is 0 Å². The molecule has 114 valence electrons. The normalized spacial score (nSPS) is 17.3. The molecule has 1 unspecified atom stereocenters. The summed E-state index contributed by atoms with van der Waals surface area (Å²) in [6.07, 6.45) is 3.26. The van der Waals surface area contributed by atoms with E-state index < -0.39 is 11.9 Å². The van der Waals surface area contributed by atoms with Gasteiger partial charge in [0.15, 0.2) is 0 Å². The van der Waals surface area contributed by atoms with Crippen molar-refractivity contribution in [2.24, 2.45) is 11.0 Å². The number of aromatic nitrogens is 2. The lowest BCUT2D eigenvalue weighted by Gasteiger charge is -2.13. The van der Waals surface area contributed by atoms with Crippen LogP contribution in [0.2, 0.25) is 0 Å². The van der Waals surface area contributed by atoms with E-state index in [1.165, 1.54) is 11.2 Å². The van der Waals surface area contributed by atoms with Gasteiger partial charge >= 0.3 is 5.97 Å². The van der Waals surface area contributed by atoms with Crippen LogP contribution in [0.3, 0.4) is 0 Å². The predicted molar refractivity (Wildman–Crippen MR) is 83.3 cm³/mol. The van der Waals surface area contributed by atoms with Crippen LogP contribution in [0.4, 0.5) is 5.95 Å². The minimum absolute atomic E-state index is 0.164. The first-order chi connectivity index (χ1) is 10.6. The smallest absolute Gasteiger partial charge is 0.313 e. The molecule has 0 saturated carbocycles. The van der Waals surface area contributed by atoms with E-state index in [-0.39, 0.29) is 18.1 Å². The first kappa shape index (κ1) is 14.2. The lowest BCUT2D eigenvalue weighted by molar-refractivity contribution is -0.138. The molecule has 0 spiro atoms. The number of hydrazone groups is 1. The minimum atomic E-state index is -0.946. The van der Waals surface area contributed by atoms with Gasteiger partial charge in [-0.1, -0.05) is 19.4 Å². The summed E-state index contributed by atoms with van der Waals surface area (Å²) in [5.41, 5.74) is 1.43. The van der Waals surface area contributed by atoms with Crippen LogP contribution in [0, 0.1) is 5.92 Å². The lowest BCUT2D eigenvalue weighted by Crippen LogP contribution is -2.26. The number of nitrogens with zero attached hydrogens (tertiary/aromatic N) is 3. The highest BCUT2D eigenvalue weighted by molar-refractivity contribution is 5.91. The highest BCUT2D eigenvalue weighted by Crippen LogP contribution is 2.18. The number of anilines is 1. The van der Waals surface area contributed by atoms with E-state index in [4.69, 9.17) is 5.11 Å². The number of hydrogen-bond acceptors (Lipinski definition) is 5. The van der Waals surface area contributed by atoms with Crippen LogP contribution in [0.5, 0.6) is 0 Å². The maximum atomic E-state index is 12.2. The summed E-state index contributed by atoms with van der Waals surface area (Å²) in [6.45, 7) is 2.25. The minimum Gasteiger partial charge on any atom is -0.481 e. The average molecular weight is 300 g/mol. The van der Waals surface area contributed by atoms with Crippen LogP contribution in [0.1, 0.15) is 18.9 Å². The van der Waals surface area contributed by atoms with Gasteiger partial charge < -0.3 is 5.11 Å². The van der Waals surface area contributed by atoms with Crippen molar-refractivity contribution in [2.45, 2.75) is 19.8 Å². The van der Waals surface area contributed by atoms with Crippen molar-refractivity contribution in [3.05, 3.63) is 34.1 Å². The number of nitrogens with one attached hydrogen (secondary N) is 1. The molecule has 2 aromatic rings.